The van der Waals surface area contributed by atoms with Crippen molar-refractivity contribution in [3.8, 4) is 0 Å². The number of rotatable bonds is 8. The number of carbonyl (C=O) groups is 1. The first kappa shape index (κ1) is 13.7. The molecule has 0 fully saturated rings. The number of hydrogen-bond acceptors (Lipinski definition) is 2. The molecule has 0 heterocycles. The summed E-state index contributed by atoms with van der Waals surface area (Å²) in [5.74, 6) is -0.111. The molecule has 1 amide bonds. The van der Waals surface area contributed by atoms with E-state index in [-0.39, 0.29) is 5.91 Å². The number of halogens is 1. The fourth-order valence-corrected chi connectivity index (χ4v) is 0.952. The van der Waals surface area contributed by atoms with Crippen LogP contribution in [-0.4, -0.2) is 31.0 Å². The Kier molecular flexibility index (Phi) is 9.10. The first-order valence-electron chi connectivity index (χ1n) is 5.18. The standard InChI is InChI=1S/C10H20ClNO2/c1-3-4-7-14-8-5-6-12-10(13)9(2)11/h9H,3-8H2,1-2H3,(H,12,13)/t9-/m1/s1. The topological polar surface area (TPSA) is 38.3 Å². The SMILES string of the molecule is CCCCOCCCNC(=O)[C@@H](C)Cl. The van der Waals surface area contributed by atoms with Crippen LogP contribution in [0.4, 0.5) is 0 Å². The van der Waals surface area contributed by atoms with E-state index in [1.807, 2.05) is 0 Å². The predicted molar refractivity (Wildman–Crippen MR) is 58.7 cm³/mol. The van der Waals surface area contributed by atoms with Crippen LogP contribution in [0.3, 0.4) is 0 Å². The number of nitrogens with one attached hydrogen (secondary N) is 1. The lowest BCUT2D eigenvalue weighted by Gasteiger charge is -2.06. The summed E-state index contributed by atoms with van der Waals surface area (Å²) < 4.78 is 5.33. The van der Waals surface area contributed by atoms with Crippen LogP contribution in [0.15, 0.2) is 0 Å². The summed E-state index contributed by atoms with van der Waals surface area (Å²) in [6, 6.07) is 0. The third-order valence-electron chi connectivity index (χ3n) is 1.77. The van der Waals surface area contributed by atoms with Gasteiger partial charge in [-0.2, -0.15) is 0 Å². The summed E-state index contributed by atoms with van der Waals surface area (Å²) in [5, 5.41) is 2.27. The van der Waals surface area contributed by atoms with Crippen molar-refractivity contribution in [3.05, 3.63) is 0 Å². The van der Waals surface area contributed by atoms with Gasteiger partial charge in [0.15, 0.2) is 0 Å². The summed E-state index contributed by atoms with van der Waals surface area (Å²) >= 11 is 5.57. The third-order valence-corrected chi connectivity index (χ3v) is 1.97. The van der Waals surface area contributed by atoms with Gasteiger partial charge in [0.05, 0.1) is 0 Å². The summed E-state index contributed by atoms with van der Waals surface area (Å²) in [6.45, 7) is 5.95. The van der Waals surface area contributed by atoms with Crippen LogP contribution in [-0.2, 0) is 9.53 Å². The molecule has 1 N–H and O–H groups in total. The first-order valence-corrected chi connectivity index (χ1v) is 5.61. The maximum Gasteiger partial charge on any atom is 0.237 e. The van der Waals surface area contributed by atoms with Crippen molar-refractivity contribution in [2.24, 2.45) is 0 Å². The molecule has 0 radical (unpaired) electrons. The van der Waals surface area contributed by atoms with Crippen molar-refractivity contribution in [3.63, 3.8) is 0 Å². The van der Waals surface area contributed by atoms with Gasteiger partial charge in [-0.15, -0.1) is 11.6 Å². The molecule has 84 valence electrons. The molecule has 0 rings (SSSR count). The minimum Gasteiger partial charge on any atom is -0.381 e. The second-order valence-corrected chi connectivity index (χ2v) is 3.88. The van der Waals surface area contributed by atoms with Gasteiger partial charge in [-0.05, 0) is 19.8 Å². The maximum absolute atomic E-state index is 11.0. The summed E-state index contributed by atoms with van der Waals surface area (Å²) in [4.78, 5) is 11.0. The van der Waals surface area contributed by atoms with Gasteiger partial charge in [-0.3, -0.25) is 4.79 Å². The monoisotopic (exact) mass is 221 g/mol. The van der Waals surface area contributed by atoms with Crippen LogP contribution in [0, 0.1) is 0 Å². The van der Waals surface area contributed by atoms with Crippen LogP contribution in [0.2, 0.25) is 0 Å². The zero-order valence-corrected chi connectivity index (χ0v) is 9.77. The fraction of sp³-hybridized carbons (Fsp3) is 0.900. The molecule has 1 atom stereocenters. The van der Waals surface area contributed by atoms with Gasteiger partial charge in [0.1, 0.15) is 5.38 Å². The molecule has 0 aromatic carbocycles. The molecule has 0 saturated heterocycles. The highest BCUT2D eigenvalue weighted by molar-refractivity contribution is 6.30. The van der Waals surface area contributed by atoms with E-state index in [1.54, 1.807) is 6.92 Å². The Bertz CT molecular complexity index is 151. The molecule has 0 aromatic heterocycles. The highest BCUT2D eigenvalue weighted by Crippen LogP contribution is 1.93. The Morgan fingerprint density at radius 2 is 2.07 bits per heavy atom. The van der Waals surface area contributed by atoms with Gasteiger partial charge in [-0.25, -0.2) is 0 Å². The minimum absolute atomic E-state index is 0.111. The van der Waals surface area contributed by atoms with Gasteiger partial charge in [0, 0.05) is 19.8 Å². The number of ether oxygens (including phenoxy) is 1. The Morgan fingerprint density at radius 1 is 1.43 bits per heavy atom. The lowest BCUT2D eigenvalue weighted by atomic mass is 10.3. The van der Waals surface area contributed by atoms with Crippen molar-refractivity contribution < 1.29 is 9.53 Å². The Balaban J connectivity index is 3.10. The zero-order valence-electron chi connectivity index (χ0n) is 9.01. The van der Waals surface area contributed by atoms with Crippen LogP contribution in [0.5, 0.6) is 0 Å². The average Bonchev–Trinajstić information content (AvgIpc) is 2.16. The Hall–Kier alpha value is -0.280. The molecule has 0 spiro atoms. The van der Waals surface area contributed by atoms with E-state index in [2.05, 4.69) is 12.2 Å². The molecule has 0 aromatic rings. The van der Waals surface area contributed by atoms with Gasteiger partial charge in [-0.1, -0.05) is 13.3 Å². The quantitative estimate of drug-likeness (QED) is 0.503. The summed E-state index contributed by atoms with van der Waals surface area (Å²) in [7, 11) is 0. The lowest BCUT2D eigenvalue weighted by molar-refractivity contribution is -0.120. The van der Waals surface area contributed by atoms with Crippen molar-refractivity contribution in [1.29, 1.82) is 0 Å². The van der Waals surface area contributed by atoms with E-state index in [4.69, 9.17) is 16.3 Å². The van der Waals surface area contributed by atoms with Crippen LogP contribution < -0.4 is 5.32 Å². The van der Waals surface area contributed by atoms with Crippen molar-refractivity contribution >= 4 is 17.5 Å². The maximum atomic E-state index is 11.0. The number of alkyl halides is 1. The highest BCUT2D eigenvalue weighted by Gasteiger charge is 2.06. The Morgan fingerprint density at radius 3 is 2.64 bits per heavy atom. The van der Waals surface area contributed by atoms with E-state index in [0.717, 1.165) is 25.9 Å². The summed E-state index contributed by atoms with van der Waals surface area (Å²) in [5.41, 5.74) is 0. The van der Waals surface area contributed by atoms with E-state index in [0.29, 0.717) is 13.2 Å². The second-order valence-electron chi connectivity index (χ2n) is 3.23. The number of amides is 1. The van der Waals surface area contributed by atoms with E-state index in [1.165, 1.54) is 0 Å². The molecule has 0 aliphatic heterocycles. The highest BCUT2D eigenvalue weighted by atomic mass is 35.5. The van der Waals surface area contributed by atoms with E-state index in [9.17, 15) is 4.79 Å². The van der Waals surface area contributed by atoms with E-state index < -0.39 is 5.38 Å². The predicted octanol–water partition coefficient (Wildman–Crippen LogP) is 1.94. The van der Waals surface area contributed by atoms with Gasteiger partial charge < -0.3 is 10.1 Å². The van der Waals surface area contributed by atoms with E-state index >= 15 is 0 Å². The van der Waals surface area contributed by atoms with Crippen molar-refractivity contribution in [2.45, 2.75) is 38.5 Å². The fourth-order valence-electron chi connectivity index (χ4n) is 0.875. The largest absolute Gasteiger partial charge is 0.381 e. The smallest absolute Gasteiger partial charge is 0.237 e. The number of carbonyl (C=O) groups excluding carboxylic acids is 1. The summed E-state index contributed by atoms with van der Waals surface area (Å²) in [6.07, 6.45) is 3.10. The van der Waals surface area contributed by atoms with Crippen LogP contribution >= 0.6 is 11.6 Å². The Labute approximate surface area is 91.2 Å². The number of hydrogen-bond donors (Lipinski definition) is 1. The average molecular weight is 222 g/mol. The lowest BCUT2D eigenvalue weighted by Crippen LogP contribution is -2.30. The molecule has 0 aliphatic carbocycles. The van der Waals surface area contributed by atoms with Crippen LogP contribution in [0.25, 0.3) is 0 Å². The van der Waals surface area contributed by atoms with Crippen molar-refractivity contribution in [2.75, 3.05) is 19.8 Å². The molecule has 3 nitrogen and oxygen atoms in total. The number of unbranched alkanes of at least 4 members (excludes halogenated alkanes) is 1. The molecule has 0 unspecified atom stereocenters. The third kappa shape index (κ3) is 8.32. The second kappa shape index (κ2) is 9.28. The van der Waals surface area contributed by atoms with Crippen molar-refractivity contribution in [1.82, 2.24) is 5.32 Å². The van der Waals surface area contributed by atoms with Gasteiger partial charge >= 0.3 is 0 Å². The molecular weight excluding hydrogens is 202 g/mol. The normalized spacial score (nSPS) is 12.5. The molecule has 0 aliphatic rings. The zero-order chi connectivity index (χ0) is 10.8. The molecule has 4 heteroatoms. The minimum atomic E-state index is -0.448. The molecule has 0 bridgehead atoms. The van der Waals surface area contributed by atoms with Crippen LogP contribution in [0.1, 0.15) is 33.1 Å². The van der Waals surface area contributed by atoms with Gasteiger partial charge in [0.2, 0.25) is 5.91 Å². The molecular formula is C10H20ClNO2. The first-order chi connectivity index (χ1) is 6.68. The molecule has 0 saturated carbocycles. The van der Waals surface area contributed by atoms with Gasteiger partial charge in [0.25, 0.3) is 0 Å². The molecule has 14 heavy (non-hydrogen) atoms.